The lowest BCUT2D eigenvalue weighted by molar-refractivity contribution is 0.189. The highest BCUT2D eigenvalue weighted by Gasteiger charge is 2.28. The van der Waals surface area contributed by atoms with E-state index < -0.39 is 10.0 Å². The average molecular weight is 349 g/mol. The van der Waals surface area contributed by atoms with E-state index in [0.717, 1.165) is 31.6 Å². The van der Waals surface area contributed by atoms with E-state index in [1.807, 2.05) is 19.1 Å². The molecule has 0 N–H and O–H groups in total. The SMILES string of the molecule is Cc1ccc(S(=O)(=O)N2CCN(CCC3=CCCCC3)CC2)cc1. The highest BCUT2D eigenvalue weighted by atomic mass is 32.2. The summed E-state index contributed by atoms with van der Waals surface area (Å²) in [7, 11) is -3.34. The smallest absolute Gasteiger partial charge is 0.243 e. The largest absolute Gasteiger partial charge is 0.300 e. The zero-order chi connectivity index (χ0) is 17.0. The lowest BCUT2D eigenvalue weighted by atomic mass is 9.97. The maximum absolute atomic E-state index is 12.7. The first kappa shape index (κ1) is 17.6. The van der Waals surface area contributed by atoms with Crippen LogP contribution in [-0.2, 0) is 10.0 Å². The number of hydrogen-bond donors (Lipinski definition) is 0. The Bertz CT molecular complexity index is 672. The van der Waals surface area contributed by atoms with Crippen molar-refractivity contribution in [2.45, 2.75) is 43.9 Å². The summed E-state index contributed by atoms with van der Waals surface area (Å²) in [5.41, 5.74) is 2.67. The summed E-state index contributed by atoms with van der Waals surface area (Å²) >= 11 is 0. The van der Waals surface area contributed by atoms with Crippen LogP contribution in [0.25, 0.3) is 0 Å². The second-order valence-electron chi connectivity index (χ2n) is 6.92. The number of sulfonamides is 1. The van der Waals surface area contributed by atoms with Crippen LogP contribution < -0.4 is 0 Å². The normalized spacial score (nSPS) is 20.8. The quantitative estimate of drug-likeness (QED) is 0.767. The summed E-state index contributed by atoms with van der Waals surface area (Å²) in [5.74, 6) is 0. The minimum absolute atomic E-state index is 0.411. The molecular weight excluding hydrogens is 320 g/mol. The number of piperazine rings is 1. The maximum atomic E-state index is 12.7. The molecule has 1 heterocycles. The monoisotopic (exact) mass is 348 g/mol. The lowest BCUT2D eigenvalue weighted by Crippen LogP contribution is -2.48. The van der Waals surface area contributed by atoms with Crippen molar-refractivity contribution in [3.05, 3.63) is 41.5 Å². The fourth-order valence-electron chi connectivity index (χ4n) is 3.49. The molecular formula is C19H28N2O2S. The van der Waals surface area contributed by atoms with E-state index in [0.29, 0.717) is 18.0 Å². The minimum atomic E-state index is -3.34. The molecule has 0 amide bonds. The minimum Gasteiger partial charge on any atom is -0.300 e. The predicted octanol–water partition coefficient (Wildman–Crippen LogP) is 3.19. The van der Waals surface area contributed by atoms with Gasteiger partial charge in [0.15, 0.2) is 0 Å². The van der Waals surface area contributed by atoms with Crippen LogP contribution in [0.4, 0.5) is 0 Å². The third-order valence-corrected chi connectivity index (χ3v) is 7.04. The molecule has 3 rings (SSSR count). The van der Waals surface area contributed by atoms with Gasteiger partial charge in [-0.15, -0.1) is 0 Å². The van der Waals surface area contributed by atoms with E-state index in [4.69, 9.17) is 0 Å². The molecule has 1 aromatic carbocycles. The Labute approximate surface area is 146 Å². The van der Waals surface area contributed by atoms with Crippen LogP contribution in [0.2, 0.25) is 0 Å². The molecule has 4 nitrogen and oxygen atoms in total. The van der Waals surface area contributed by atoms with E-state index in [-0.39, 0.29) is 0 Å². The van der Waals surface area contributed by atoms with Gasteiger partial charge in [-0.25, -0.2) is 8.42 Å². The van der Waals surface area contributed by atoms with Crippen LogP contribution >= 0.6 is 0 Å². The van der Waals surface area contributed by atoms with Gasteiger partial charge in [0.05, 0.1) is 4.90 Å². The summed E-state index contributed by atoms with van der Waals surface area (Å²) in [4.78, 5) is 2.81. The van der Waals surface area contributed by atoms with Gasteiger partial charge in [-0.2, -0.15) is 4.31 Å². The van der Waals surface area contributed by atoms with Gasteiger partial charge in [0.1, 0.15) is 0 Å². The van der Waals surface area contributed by atoms with Crippen molar-refractivity contribution < 1.29 is 8.42 Å². The van der Waals surface area contributed by atoms with Crippen molar-refractivity contribution in [1.82, 2.24) is 9.21 Å². The Morgan fingerprint density at radius 3 is 2.33 bits per heavy atom. The van der Waals surface area contributed by atoms with E-state index >= 15 is 0 Å². The summed E-state index contributed by atoms with van der Waals surface area (Å²) in [6.07, 6.45) is 8.69. The van der Waals surface area contributed by atoms with Crippen LogP contribution in [0.3, 0.4) is 0 Å². The molecule has 24 heavy (non-hydrogen) atoms. The van der Waals surface area contributed by atoms with Crippen LogP contribution in [0.1, 0.15) is 37.7 Å². The molecule has 5 heteroatoms. The third-order valence-electron chi connectivity index (χ3n) is 5.12. The molecule has 132 valence electrons. The Kier molecular flexibility index (Phi) is 5.74. The topological polar surface area (TPSA) is 40.6 Å². The second kappa shape index (κ2) is 7.81. The molecule has 0 saturated carbocycles. The van der Waals surface area contributed by atoms with Gasteiger partial charge in [0.25, 0.3) is 0 Å². The van der Waals surface area contributed by atoms with Crippen LogP contribution in [0.5, 0.6) is 0 Å². The molecule has 0 bridgehead atoms. The van der Waals surface area contributed by atoms with Gasteiger partial charge >= 0.3 is 0 Å². The van der Waals surface area contributed by atoms with Gasteiger partial charge in [0.2, 0.25) is 10.0 Å². The van der Waals surface area contributed by atoms with Crippen LogP contribution in [-0.4, -0.2) is 50.3 Å². The highest BCUT2D eigenvalue weighted by Crippen LogP contribution is 2.22. The summed E-state index contributed by atoms with van der Waals surface area (Å²) in [6, 6.07) is 7.15. The second-order valence-corrected chi connectivity index (χ2v) is 8.85. The number of allylic oxidation sites excluding steroid dienone is 1. The van der Waals surface area contributed by atoms with Crippen LogP contribution in [0, 0.1) is 6.92 Å². The van der Waals surface area contributed by atoms with Gasteiger partial charge in [-0.3, -0.25) is 0 Å². The fourth-order valence-corrected chi connectivity index (χ4v) is 4.91. The summed E-state index contributed by atoms with van der Waals surface area (Å²) in [6.45, 7) is 5.88. The number of benzene rings is 1. The molecule has 1 saturated heterocycles. The number of hydrogen-bond acceptors (Lipinski definition) is 3. The first-order valence-corrected chi connectivity index (χ1v) is 10.5. The Hall–Kier alpha value is -1.17. The van der Waals surface area contributed by atoms with Crippen molar-refractivity contribution in [2.24, 2.45) is 0 Å². The first-order valence-electron chi connectivity index (χ1n) is 9.03. The molecule has 1 fully saturated rings. The average Bonchev–Trinajstić information content (AvgIpc) is 2.61. The lowest BCUT2D eigenvalue weighted by Gasteiger charge is -2.34. The molecule has 0 unspecified atom stereocenters. The Balaban J connectivity index is 1.52. The maximum Gasteiger partial charge on any atom is 0.243 e. The summed E-state index contributed by atoms with van der Waals surface area (Å²) < 4.78 is 27.1. The zero-order valence-electron chi connectivity index (χ0n) is 14.6. The molecule has 2 aliphatic rings. The zero-order valence-corrected chi connectivity index (χ0v) is 15.4. The molecule has 0 aromatic heterocycles. The van der Waals surface area contributed by atoms with E-state index in [9.17, 15) is 8.42 Å². The van der Waals surface area contributed by atoms with E-state index in [2.05, 4.69) is 11.0 Å². The van der Waals surface area contributed by atoms with Crippen molar-refractivity contribution in [2.75, 3.05) is 32.7 Å². The summed E-state index contributed by atoms with van der Waals surface area (Å²) in [5, 5.41) is 0. The molecule has 1 aliphatic carbocycles. The Morgan fingerprint density at radius 2 is 1.71 bits per heavy atom. The van der Waals surface area contributed by atoms with Gasteiger partial charge < -0.3 is 4.90 Å². The number of aryl methyl sites for hydroxylation is 1. The van der Waals surface area contributed by atoms with Crippen molar-refractivity contribution in [3.8, 4) is 0 Å². The third kappa shape index (κ3) is 4.26. The van der Waals surface area contributed by atoms with Crippen LogP contribution in [0.15, 0.2) is 40.8 Å². The first-order chi connectivity index (χ1) is 11.6. The van der Waals surface area contributed by atoms with E-state index in [1.54, 1.807) is 22.0 Å². The van der Waals surface area contributed by atoms with E-state index in [1.165, 1.54) is 25.7 Å². The van der Waals surface area contributed by atoms with Gasteiger partial charge in [-0.1, -0.05) is 29.3 Å². The number of rotatable bonds is 5. The molecule has 0 atom stereocenters. The number of nitrogens with zero attached hydrogens (tertiary/aromatic N) is 2. The standard InChI is InChI=1S/C19H28N2O2S/c1-17-7-9-19(10-8-17)24(22,23)21-15-13-20(14-16-21)12-11-18-5-3-2-4-6-18/h5,7-10H,2-4,6,11-16H2,1H3. The highest BCUT2D eigenvalue weighted by molar-refractivity contribution is 7.89. The molecule has 0 spiro atoms. The fraction of sp³-hybridized carbons (Fsp3) is 0.579. The van der Waals surface area contributed by atoms with Crippen molar-refractivity contribution in [3.63, 3.8) is 0 Å². The Morgan fingerprint density at radius 1 is 1.00 bits per heavy atom. The van der Waals surface area contributed by atoms with Gasteiger partial charge in [0, 0.05) is 32.7 Å². The van der Waals surface area contributed by atoms with Crippen molar-refractivity contribution >= 4 is 10.0 Å². The molecule has 1 aliphatic heterocycles. The molecule has 1 aromatic rings. The van der Waals surface area contributed by atoms with Crippen molar-refractivity contribution in [1.29, 1.82) is 0 Å². The predicted molar refractivity (Wildman–Crippen MR) is 97.5 cm³/mol. The van der Waals surface area contributed by atoms with Gasteiger partial charge in [-0.05, 0) is 51.2 Å². The molecule has 0 radical (unpaired) electrons.